The first-order valence-corrected chi connectivity index (χ1v) is 12.5. The quantitative estimate of drug-likeness (QED) is 0.375. The summed E-state index contributed by atoms with van der Waals surface area (Å²) < 4.78 is 23.3. The Morgan fingerprint density at radius 2 is 1.92 bits per heavy atom. The van der Waals surface area contributed by atoms with Crippen molar-refractivity contribution in [2.24, 2.45) is 0 Å². The summed E-state index contributed by atoms with van der Waals surface area (Å²) in [6.07, 6.45) is 2.77. The lowest BCUT2D eigenvalue weighted by molar-refractivity contribution is 0.0985. The number of rotatable bonds is 5. The van der Waals surface area contributed by atoms with Crippen molar-refractivity contribution in [2.75, 3.05) is 37.0 Å². The van der Waals surface area contributed by atoms with Crippen molar-refractivity contribution in [1.82, 2.24) is 34.3 Å². The predicted octanol–water partition coefficient (Wildman–Crippen LogP) is 4.09. The second kappa shape index (κ2) is 9.49. The molecule has 0 saturated carbocycles. The van der Waals surface area contributed by atoms with Crippen LogP contribution in [0.4, 0.5) is 16.2 Å². The maximum atomic E-state index is 14.0. The number of aromatic nitrogens is 7. The third-order valence-corrected chi connectivity index (χ3v) is 6.83. The van der Waals surface area contributed by atoms with Crippen molar-refractivity contribution in [2.45, 2.75) is 26.8 Å². The number of nitrogens with one attached hydrogen (secondary N) is 1. The largest absolute Gasteiger partial charge is 0.377 e. The lowest BCUT2D eigenvalue weighted by atomic mass is 10.1. The van der Waals surface area contributed by atoms with Crippen LogP contribution >= 0.6 is 0 Å². The molecule has 1 aliphatic heterocycles. The van der Waals surface area contributed by atoms with Crippen molar-refractivity contribution in [3.8, 4) is 22.9 Å². The first kappa shape index (κ1) is 24.0. The number of halogens is 1. The second-order valence-corrected chi connectivity index (χ2v) is 9.36. The van der Waals surface area contributed by atoms with Gasteiger partial charge in [0.05, 0.1) is 65.5 Å². The number of hydrogen-bond donors (Lipinski definition) is 1. The van der Waals surface area contributed by atoms with E-state index in [1.165, 1.54) is 12.3 Å². The monoisotopic (exact) mass is 513 g/mol. The molecule has 1 saturated heterocycles. The summed E-state index contributed by atoms with van der Waals surface area (Å²) in [5.74, 6) is 1.50. The molecule has 6 rings (SSSR count). The Balaban J connectivity index is 1.58. The summed E-state index contributed by atoms with van der Waals surface area (Å²) >= 11 is 0. The van der Waals surface area contributed by atoms with E-state index in [1.54, 1.807) is 10.9 Å². The van der Waals surface area contributed by atoms with E-state index in [0.717, 1.165) is 33.8 Å². The maximum absolute atomic E-state index is 14.0. The molecular weight excluding hydrogens is 485 g/mol. The van der Waals surface area contributed by atoms with Gasteiger partial charge in [-0.15, -0.1) is 0 Å². The van der Waals surface area contributed by atoms with Gasteiger partial charge in [0.15, 0.2) is 0 Å². The molecule has 0 spiro atoms. The van der Waals surface area contributed by atoms with Crippen molar-refractivity contribution in [3.05, 3.63) is 66.0 Å². The minimum atomic E-state index is -0.420. The van der Waals surface area contributed by atoms with Crippen LogP contribution in [-0.2, 0) is 4.74 Å². The fourth-order valence-corrected chi connectivity index (χ4v) is 5.04. The van der Waals surface area contributed by atoms with Crippen LogP contribution in [0.2, 0.25) is 0 Å². The number of aryl methyl sites for hydroxylation is 1. The summed E-state index contributed by atoms with van der Waals surface area (Å²) in [6, 6.07) is 11.5. The van der Waals surface area contributed by atoms with Gasteiger partial charge in [-0.25, -0.2) is 23.6 Å². The molecular formula is C27H28FN9O. The van der Waals surface area contributed by atoms with Crippen molar-refractivity contribution < 1.29 is 9.13 Å². The zero-order valence-electron chi connectivity index (χ0n) is 21.7. The molecule has 11 heteroatoms. The second-order valence-electron chi connectivity index (χ2n) is 9.36. The molecule has 0 unspecified atom stereocenters. The van der Waals surface area contributed by atoms with Gasteiger partial charge in [-0.2, -0.15) is 10.1 Å². The number of imidazole rings is 1. The lowest BCUT2D eigenvalue weighted by Gasteiger charge is -2.34. The van der Waals surface area contributed by atoms with Gasteiger partial charge in [-0.05, 0) is 32.9 Å². The van der Waals surface area contributed by atoms with Crippen LogP contribution in [0, 0.1) is 19.7 Å². The van der Waals surface area contributed by atoms with E-state index in [4.69, 9.17) is 24.8 Å². The van der Waals surface area contributed by atoms with Gasteiger partial charge in [-0.3, -0.25) is 4.98 Å². The summed E-state index contributed by atoms with van der Waals surface area (Å²) in [5, 5.41) is 7.90. The van der Waals surface area contributed by atoms with Gasteiger partial charge >= 0.3 is 0 Å². The van der Waals surface area contributed by atoms with E-state index in [-0.39, 0.29) is 6.04 Å². The normalized spacial score (nSPS) is 15.8. The SMILES string of the molecule is CNc1nc2ccccc2n1-c1nc(-c2c(C)nn(-c3cncc(F)c3)c2C)cc(N2CCOC[C@H]2C)n1. The number of pyridine rings is 1. The minimum absolute atomic E-state index is 0.144. The van der Waals surface area contributed by atoms with Crippen molar-refractivity contribution in [3.63, 3.8) is 0 Å². The zero-order valence-corrected chi connectivity index (χ0v) is 21.7. The predicted molar refractivity (Wildman–Crippen MR) is 144 cm³/mol. The lowest BCUT2D eigenvalue weighted by Crippen LogP contribution is -2.44. The maximum Gasteiger partial charge on any atom is 0.239 e. The molecule has 10 nitrogen and oxygen atoms in total. The molecule has 5 heterocycles. The highest BCUT2D eigenvalue weighted by Crippen LogP contribution is 2.32. The third-order valence-electron chi connectivity index (χ3n) is 6.83. The van der Waals surface area contributed by atoms with Crippen molar-refractivity contribution in [1.29, 1.82) is 0 Å². The summed E-state index contributed by atoms with van der Waals surface area (Å²) in [4.78, 5) is 21.0. The Kier molecular flexibility index (Phi) is 5.99. The van der Waals surface area contributed by atoms with Gasteiger partial charge in [0.1, 0.15) is 11.6 Å². The molecule has 0 bridgehead atoms. The summed E-state index contributed by atoms with van der Waals surface area (Å²) in [6.45, 7) is 7.95. The van der Waals surface area contributed by atoms with E-state index >= 15 is 0 Å². The Morgan fingerprint density at radius 1 is 1.08 bits per heavy atom. The molecule has 4 aromatic heterocycles. The Labute approximate surface area is 219 Å². The van der Waals surface area contributed by atoms with Gasteiger partial charge in [0, 0.05) is 31.3 Å². The van der Waals surface area contributed by atoms with Gasteiger partial charge in [0.2, 0.25) is 11.9 Å². The van der Waals surface area contributed by atoms with E-state index in [0.29, 0.717) is 43.0 Å². The number of ether oxygens (including phenoxy) is 1. The molecule has 1 N–H and O–H groups in total. The number of fused-ring (bicyclic) bond motifs is 1. The van der Waals surface area contributed by atoms with E-state index in [1.807, 2.05) is 55.8 Å². The van der Waals surface area contributed by atoms with Gasteiger partial charge in [0.25, 0.3) is 0 Å². The molecule has 38 heavy (non-hydrogen) atoms. The molecule has 194 valence electrons. The molecule has 0 radical (unpaired) electrons. The molecule has 0 aliphatic carbocycles. The average Bonchev–Trinajstić information content (AvgIpc) is 3.45. The van der Waals surface area contributed by atoms with Crippen LogP contribution in [0.3, 0.4) is 0 Å². The standard InChI is InChI=1S/C27H28FN9O/c1-16-15-38-10-9-35(16)24-12-22(25-17(2)34-37(18(25)3)20-11-19(28)13-30-14-20)32-27(33-24)36-23-8-6-5-7-21(23)31-26(36)29-4/h5-8,11-14,16H,9-10,15H2,1-4H3,(H,29,31)/t16-/m1/s1. The number of morpholine rings is 1. The molecule has 1 fully saturated rings. The summed E-state index contributed by atoms with van der Waals surface area (Å²) in [7, 11) is 1.83. The average molecular weight is 514 g/mol. The van der Waals surface area contributed by atoms with Crippen LogP contribution in [0.25, 0.3) is 33.9 Å². The smallest absolute Gasteiger partial charge is 0.239 e. The minimum Gasteiger partial charge on any atom is -0.377 e. The first-order chi connectivity index (χ1) is 18.4. The van der Waals surface area contributed by atoms with E-state index in [9.17, 15) is 4.39 Å². The molecule has 1 aliphatic rings. The zero-order chi connectivity index (χ0) is 26.4. The highest BCUT2D eigenvalue weighted by Gasteiger charge is 2.25. The number of hydrogen-bond acceptors (Lipinski definition) is 8. The van der Waals surface area contributed by atoms with Crippen LogP contribution in [0.15, 0.2) is 48.8 Å². The number of benzene rings is 1. The van der Waals surface area contributed by atoms with Gasteiger partial charge in [-0.1, -0.05) is 12.1 Å². The fourth-order valence-electron chi connectivity index (χ4n) is 5.04. The number of para-hydroxylation sites is 2. The Hall–Kier alpha value is -4.38. The third kappa shape index (κ3) is 4.04. The molecule has 1 aromatic carbocycles. The van der Waals surface area contributed by atoms with E-state index in [2.05, 4.69) is 22.1 Å². The molecule has 0 amide bonds. The van der Waals surface area contributed by atoms with Crippen LogP contribution in [0.1, 0.15) is 18.3 Å². The highest BCUT2D eigenvalue weighted by atomic mass is 19.1. The molecule has 5 aromatic rings. The first-order valence-electron chi connectivity index (χ1n) is 12.5. The Bertz CT molecular complexity index is 1640. The van der Waals surface area contributed by atoms with Crippen LogP contribution in [-0.4, -0.2) is 67.1 Å². The summed E-state index contributed by atoms with van der Waals surface area (Å²) in [5.41, 5.74) is 5.44. The fraction of sp³-hybridized carbons (Fsp3) is 0.296. The van der Waals surface area contributed by atoms with Gasteiger partial charge < -0.3 is 15.0 Å². The van der Waals surface area contributed by atoms with E-state index < -0.39 is 5.82 Å². The van der Waals surface area contributed by atoms with Crippen LogP contribution in [0.5, 0.6) is 0 Å². The number of nitrogens with zero attached hydrogens (tertiary/aromatic N) is 8. The Morgan fingerprint density at radius 3 is 2.71 bits per heavy atom. The molecule has 1 atom stereocenters. The topological polar surface area (TPSA) is 98.8 Å². The van der Waals surface area contributed by atoms with Crippen LogP contribution < -0.4 is 10.2 Å². The van der Waals surface area contributed by atoms with Crippen molar-refractivity contribution >= 4 is 22.8 Å². The number of anilines is 2. The highest BCUT2D eigenvalue weighted by molar-refractivity contribution is 5.81.